The van der Waals surface area contributed by atoms with Crippen LogP contribution in [0.2, 0.25) is 5.02 Å². The van der Waals surface area contributed by atoms with Crippen molar-refractivity contribution >= 4 is 34.9 Å². The molecule has 3 rings (SSSR count). The number of rotatable bonds is 12. The molecule has 0 aliphatic rings. The Morgan fingerprint density at radius 3 is 2.19 bits per heavy atom. The first kappa shape index (κ1) is 26.6. The largest absolute Gasteiger partial charge is 0.387 e. The number of hydrogen-bond acceptors (Lipinski definition) is 3. The summed E-state index contributed by atoms with van der Waals surface area (Å²) in [5.41, 5.74) is 3.66. The zero-order chi connectivity index (χ0) is 22.1. The zero-order valence-corrected chi connectivity index (χ0v) is 20.8. The molecule has 1 aromatic heterocycles. The van der Waals surface area contributed by atoms with Crippen LogP contribution in [0.3, 0.4) is 0 Å². The average molecular weight is 476 g/mol. The summed E-state index contributed by atoms with van der Waals surface area (Å²) in [7, 11) is 0. The van der Waals surface area contributed by atoms with Crippen LogP contribution in [-0.2, 0) is 0 Å². The monoisotopic (exact) mass is 474 g/mol. The lowest BCUT2D eigenvalue weighted by Gasteiger charge is -2.26. The van der Waals surface area contributed by atoms with Crippen molar-refractivity contribution in [2.24, 2.45) is 0 Å². The van der Waals surface area contributed by atoms with E-state index in [-0.39, 0.29) is 12.4 Å². The van der Waals surface area contributed by atoms with Gasteiger partial charge in [0.25, 0.3) is 0 Å². The third-order valence-corrected chi connectivity index (χ3v) is 6.05. The molecule has 0 aliphatic heterocycles. The number of aliphatic hydroxyl groups is 1. The molecule has 32 heavy (non-hydrogen) atoms. The van der Waals surface area contributed by atoms with Crippen molar-refractivity contribution in [3.05, 3.63) is 65.2 Å². The minimum atomic E-state index is -0.572. The summed E-state index contributed by atoms with van der Waals surface area (Å²) in [5.74, 6) is 0. The Kier molecular flexibility index (Phi) is 11.5. The van der Waals surface area contributed by atoms with E-state index < -0.39 is 6.10 Å². The van der Waals surface area contributed by atoms with E-state index in [4.69, 9.17) is 16.6 Å². The molecule has 5 heteroatoms. The Balaban J connectivity index is 0.00000363. The maximum atomic E-state index is 11.3. The number of nitrogens with zero attached hydrogens (tertiary/aromatic N) is 2. The van der Waals surface area contributed by atoms with Gasteiger partial charge in [-0.15, -0.1) is 12.4 Å². The molecule has 0 radical (unpaired) electrons. The Bertz CT molecular complexity index is 939. The van der Waals surface area contributed by atoms with E-state index in [1.54, 1.807) is 0 Å². The number of benzene rings is 2. The van der Waals surface area contributed by atoms with Crippen molar-refractivity contribution in [1.29, 1.82) is 0 Å². The molecule has 0 spiro atoms. The van der Waals surface area contributed by atoms with Gasteiger partial charge in [-0.1, -0.05) is 87.5 Å². The van der Waals surface area contributed by atoms with Gasteiger partial charge in [-0.25, -0.2) is 4.98 Å². The Labute approximate surface area is 204 Å². The molecule has 0 fully saturated rings. The minimum absolute atomic E-state index is 0. The van der Waals surface area contributed by atoms with Gasteiger partial charge in [0.05, 0.1) is 17.3 Å². The average Bonchev–Trinajstić information content (AvgIpc) is 2.78. The summed E-state index contributed by atoms with van der Waals surface area (Å²) in [6, 6.07) is 17.9. The van der Waals surface area contributed by atoms with Gasteiger partial charge in [0.2, 0.25) is 0 Å². The van der Waals surface area contributed by atoms with E-state index in [1.807, 2.05) is 42.5 Å². The van der Waals surface area contributed by atoms with Crippen LogP contribution in [0.5, 0.6) is 0 Å². The van der Waals surface area contributed by atoms with Crippen LogP contribution in [0.1, 0.15) is 64.0 Å². The minimum Gasteiger partial charge on any atom is -0.387 e. The van der Waals surface area contributed by atoms with E-state index in [0.29, 0.717) is 11.6 Å². The lowest BCUT2D eigenvalue weighted by atomic mass is 9.99. The van der Waals surface area contributed by atoms with Crippen LogP contribution in [0.4, 0.5) is 0 Å². The lowest BCUT2D eigenvalue weighted by Crippen LogP contribution is -2.31. The molecule has 174 valence electrons. The molecule has 2 aromatic carbocycles. The van der Waals surface area contributed by atoms with Gasteiger partial charge >= 0.3 is 0 Å². The molecular weight excluding hydrogens is 439 g/mol. The van der Waals surface area contributed by atoms with E-state index in [2.05, 4.69) is 30.9 Å². The van der Waals surface area contributed by atoms with Crippen molar-refractivity contribution in [2.45, 2.75) is 58.5 Å². The number of pyridine rings is 1. The zero-order valence-electron chi connectivity index (χ0n) is 19.3. The van der Waals surface area contributed by atoms with Crippen molar-refractivity contribution in [3.8, 4) is 11.3 Å². The first-order valence-corrected chi connectivity index (χ1v) is 12.1. The van der Waals surface area contributed by atoms with Gasteiger partial charge in [0, 0.05) is 22.5 Å². The second kappa shape index (κ2) is 13.8. The van der Waals surface area contributed by atoms with Crippen LogP contribution >= 0.6 is 24.0 Å². The molecule has 3 aromatic rings. The predicted molar refractivity (Wildman–Crippen MR) is 140 cm³/mol. The Morgan fingerprint density at radius 2 is 1.56 bits per heavy atom. The number of aliphatic hydroxyl groups excluding tert-OH is 1. The first-order valence-electron chi connectivity index (χ1n) is 11.7. The van der Waals surface area contributed by atoms with Crippen molar-refractivity contribution in [3.63, 3.8) is 0 Å². The van der Waals surface area contributed by atoms with Gasteiger partial charge in [0.1, 0.15) is 0 Å². The quantitative estimate of drug-likeness (QED) is 0.273. The molecule has 1 atom stereocenters. The van der Waals surface area contributed by atoms with E-state index in [9.17, 15) is 5.11 Å². The second-order valence-electron chi connectivity index (χ2n) is 8.35. The van der Waals surface area contributed by atoms with Crippen LogP contribution in [0, 0.1) is 0 Å². The number of halogens is 2. The summed E-state index contributed by atoms with van der Waals surface area (Å²) in [6.07, 6.45) is 6.67. The third kappa shape index (κ3) is 7.45. The number of hydrogen-bond donors (Lipinski definition) is 1. The standard InChI is InChI=1S/C27H35ClN2O.ClH/c1-3-5-10-16-30(17-11-6-4-2)20-27(31)24-19-25(21-12-8-7-9-13-21)29-26-18-22(28)14-15-23(24)26;/h7-9,12-15,18-19,27,31H,3-6,10-11,16-17,20H2,1-2H3;1H. The molecule has 1 unspecified atom stereocenters. The fourth-order valence-electron chi connectivity index (χ4n) is 4.07. The normalized spacial score (nSPS) is 12.2. The number of unbranched alkanes of at least 4 members (excludes halogenated alkanes) is 4. The van der Waals surface area contributed by atoms with Crippen molar-refractivity contribution < 1.29 is 5.11 Å². The summed E-state index contributed by atoms with van der Waals surface area (Å²) in [6.45, 7) is 7.18. The van der Waals surface area contributed by atoms with Gasteiger partial charge in [-0.3, -0.25) is 0 Å². The van der Waals surface area contributed by atoms with Crippen LogP contribution in [0.15, 0.2) is 54.6 Å². The van der Waals surface area contributed by atoms with E-state index in [1.165, 1.54) is 38.5 Å². The summed E-state index contributed by atoms with van der Waals surface area (Å²) in [5, 5.41) is 13.0. The fourth-order valence-corrected chi connectivity index (χ4v) is 4.24. The Hall–Kier alpha value is -1.65. The molecule has 0 saturated carbocycles. The predicted octanol–water partition coefficient (Wildman–Crippen LogP) is 7.69. The summed E-state index contributed by atoms with van der Waals surface area (Å²) < 4.78 is 0. The second-order valence-corrected chi connectivity index (χ2v) is 8.79. The molecular formula is C27H36Cl2N2O. The maximum Gasteiger partial charge on any atom is 0.0924 e. The Morgan fingerprint density at radius 1 is 0.906 bits per heavy atom. The summed E-state index contributed by atoms with van der Waals surface area (Å²) >= 11 is 6.26. The number of aromatic nitrogens is 1. The highest BCUT2D eigenvalue weighted by Gasteiger charge is 2.18. The van der Waals surface area contributed by atoms with E-state index in [0.717, 1.165) is 40.8 Å². The SMILES string of the molecule is CCCCCN(CCCCC)CC(O)c1cc(-c2ccccc2)nc2cc(Cl)ccc12.Cl. The molecule has 3 nitrogen and oxygen atoms in total. The van der Waals surface area contributed by atoms with Crippen molar-refractivity contribution in [1.82, 2.24) is 9.88 Å². The molecule has 0 aliphatic carbocycles. The number of fused-ring (bicyclic) bond motifs is 1. The van der Waals surface area contributed by atoms with E-state index >= 15 is 0 Å². The van der Waals surface area contributed by atoms with Crippen LogP contribution in [0.25, 0.3) is 22.2 Å². The van der Waals surface area contributed by atoms with Gasteiger partial charge in [-0.05, 0) is 49.7 Å². The van der Waals surface area contributed by atoms with Crippen molar-refractivity contribution in [2.75, 3.05) is 19.6 Å². The van der Waals surface area contributed by atoms with Gasteiger partial charge in [-0.2, -0.15) is 0 Å². The molecule has 1 N–H and O–H groups in total. The van der Waals surface area contributed by atoms with Gasteiger partial charge < -0.3 is 10.0 Å². The highest BCUT2D eigenvalue weighted by molar-refractivity contribution is 6.31. The maximum absolute atomic E-state index is 11.3. The summed E-state index contributed by atoms with van der Waals surface area (Å²) in [4.78, 5) is 7.27. The first-order chi connectivity index (χ1) is 15.1. The lowest BCUT2D eigenvalue weighted by molar-refractivity contribution is 0.111. The highest BCUT2D eigenvalue weighted by atomic mass is 35.5. The van der Waals surface area contributed by atoms with Gasteiger partial charge in [0.15, 0.2) is 0 Å². The van der Waals surface area contributed by atoms with Crippen LogP contribution < -0.4 is 0 Å². The molecule has 1 heterocycles. The molecule has 0 saturated heterocycles. The molecule has 0 amide bonds. The third-order valence-electron chi connectivity index (χ3n) is 5.82. The highest BCUT2D eigenvalue weighted by Crippen LogP contribution is 2.31. The fraction of sp³-hybridized carbons (Fsp3) is 0.444. The van der Waals surface area contributed by atoms with Crippen LogP contribution in [-0.4, -0.2) is 34.6 Å². The molecule has 0 bridgehead atoms. The topological polar surface area (TPSA) is 36.4 Å². The smallest absolute Gasteiger partial charge is 0.0924 e.